The normalized spacial score (nSPS) is 18.8. The van der Waals surface area contributed by atoms with Crippen LogP contribution in [0.2, 0.25) is 5.02 Å². The SMILES string of the molecule is Cc1cc(C)c(C2(O)CC2)cc1Cl. The van der Waals surface area contributed by atoms with Crippen molar-refractivity contribution >= 4 is 11.6 Å². The molecule has 0 unspecified atom stereocenters. The van der Waals surface area contributed by atoms with Crippen molar-refractivity contribution in [3.05, 3.63) is 33.8 Å². The van der Waals surface area contributed by atoms with Crippen LogP contribution in [0, 0.1) is 13.8 Å². The third kappa shape index (κ3) is 1.47. The lowest BCUT2D eigenvalue weighted by atomic mass is 10.00. The largest absolute Gasteiger partial charge is 0.385 e. The summed E-state index contributed by atoms with van der Waals surface area (Å²) in [5, 5.41) is 10.7. The van der Waals surface area contributed by atoms with Gasteiger partial charge in [-0.3, -0.25) is 0 Å². The number of benzene rings is 1. The fraction of sp³-hybridized carbons (Fsp3) is 0.455. The highest BCUT2D eigenvalue weighted by molar-refractivity contribution is 6.31. The molecule has 1 saturated carbocycles. The first-order chi connectivity index (χ1) is 6.03. The lowest BCUT2D eigenvalue weighted by Crippen LogP contribution is -2.06. The molecule has 0 saturated heterocycles. The zero-order valence-electron chi connectivity index (χ0n) is 7.89. The van der Waals surface area contributed by atoms with Gasteiger partial charge in [0.25, 0.3) is 0 Å². The predicted molar refractivity (Wildman–Crippen MR) is 54.1 cm³/mol. The van der Waals surface area contributed by atoms with Gasteiger partial charge >= 0.3 is 0 Å². The van der Waals surface area contributed by atoms with E-state index in [-0.39, 0.29) is 0 Å². The second-order valence-corrected chi connectivity index (χ2v) is 4.36. The van der Waals surface area contributed by atoms with Gasteiger partial charge in [0.2, 0.25) is 0 Å². The van der Waals surface area contributed by atoms with Crippen molar-refractivity contribution in [1.29, 1.82) is 0 Å². The quantitative estimate of drug-likeness (QED) is 0.733. The van der Waals surface area contributed by atoms with Crippen LogP contribution in [-0.4, -0.2) is 5.11 Å². The molecule has 0 atom stereocenters. The molecule has 70 valence electrons. The minimum absolute atomic E-state index is 0.568. The van der Waals surface area contributed by atoms with Crippen LogP contribution < -0.4 is 0 Å². The van der Waals surface area contributed by atoms with Gasteiger partial charge in [-0.1, -0.05) is 17.7 Å². The van der Waals surface area contributed by atoms with Crippen LogP contribution in [0.4, 0.5) is 0 Å². The minimum Gasteiger partial charge on any atom is -0.385 e. The van der Waals surface area contributed by atoms with E-state index in [0.29, 0.717) is 0 Å². The molecule has 0 bridgehead atoms. The standard InChI is InChI=1S/C11H13ClO/c1-7-5-8(2)10(12)6-9(7)11(13)3-4-11/h5-6,13H,3-4H2,1-2H3. The summed E-state index contributed by atoms with van der Waals surface area (Å²) in [6.45, 7) is 4.00. The maximum Gasteiger partial charge on any atom is 0.0902 e. The molecule has 0 aromatic heterocycles. The van der Waals surface area contributed by atoms with E-state index < -0.39 is 5.60 Å². The number of hydrogen-bond donors (Lipinski definition) is 1. The molecule has 1 aromatic rings. The van der Waals surface area contributed by atoms with Crippen molar-refractivity contribution in [1.82, 2.24) is 0 Å². The summed E-state index contributed by atoms with van der Waals surface area (Å²) < 4.78 is 0. The summed E-state index contributed by atoms with van der Waals surface area (Å²) in [6.07, 6.45) is 1.74. The molecule has 0 heterocycles. The predicted octanol–water partition coefficient (Wildman–Crippen LogP) is 2.94. The minimum atomic E-state index is -0.568. The van der Waals surface area contributed by atoms with Crippen molar-refractivity contribution in [3.63, 3.8) is 0 Å². The molecule has 1 aliphatic rings. The highest BCUT2D eigenvalue weighted by atomic mass is 35.5. The molecule has 0 aliphatic heterocycles. The van der Waals surface area contributed by atoms with Gasteiger partial charge in [0.15, 0.2) is 0 Å². The number of rotatable bonds is 1. The first-order valence-corrected chi connectivity index (χ1v) is 4.90. The number of aliphatic hydroxyl groups is 1. The number of aryl methyl sites for hydroxylation is 2. The molecule has 0 radical (unpaired) electrons. The molecule has 1 aromatic carbocycles. The van der Waals surface area contributed by atoms with Crippen LogP contribution in [0.1, 0.15) is 29.5 Å². The molecule has 2 heteroatoms. The highest BCUT2D eigenvalue weighted by Crippen LogP contribution is 2.47. The van der Waals surface area contributed by atoms with Gasteiger partial charge in [-0.25, -0.2) is 0 Å². The Balaban J connectivity index is 2.52. The Morgan fingerprint density at radius 1 is 1.23 bits per heavy atom. The molecule has 1 fully saturated rings. The summed E-state index contributed by atoms with van der Waals surface area (Å²) in [5.41, 5.74) is 2.65. The third-order valence-corrected chi connectivity index (χ3v) is 3.14. The maximum absolute atomic E-state index is 9.94. The first kappa shape index (κ1) is 9.04. The smallest absolute Gasteiger partial charge is 0.0902 e. The molecule has 1 aliphatic carbocycles. The summed E-state index contributed by atoms with van der Waals surface area (Å²) >= 11 is 6.01. The Labute approximate surface area is 83.3 Å². The molecular formula is C11H13ClO. The lowest BCUT2D eigenvalue weighted by molar-refractivity contribution is 0.151. The van der Waals surface area contributed by atoms with Crippen molar-refractivity contribution in [3.8, 4) is 0 Å². The zero-order chi connectivity index (χ0) is 9.64. The van der Waals surface area contributed by atoms with E-state index in [1.807, 2.05) is 26.0 Å². The Morgan fingerprint density at radius 2 is 1.85 bits per heavy atom. The van der Waals surface area contributed by atoms with E-state index in [0.717, 1.165) is 34.6 Å². The van der Waals surface area contributed by atoms with Gasteiger partial charge in [-0.2, -0.15) is 0 Å². The second-order valence-electron chi connectivity index (χ2n) is 3.95. The van der Waals surface area contributed by atoms with Gasteiger partial charge in [0, 0.05) is 5.02 Å². The van der Waals surface area contributed by atoms with Crippen molar-refractivity contribution in [2.45, 2.75) is 32.3 Å². The molecular weight excluding hydrogens is 184 g/mol. The van der Waals surface area contributed by atoms with E-state index in [1.165, 1.54) is 0 Å². The molecule has 1 nitrogen and oxygen atoms in total. The Bertz CT molecular complexity index is 353. The van der Waals surface area contributed by atoms with Crippen molar-refractivity contribution < 1.29 is 5.11 Å². The van der Waals surface area contributed by atoms with Crippen LogP contribution in [0.25, 0.3) is 0 Å². The van der Waals surface area contributed by atoms with E-state index in [4.69, 9.17) is 11.6 Å². The van der Waals surface area contributed by atoms with Crippen LogP contribution in [0.15, 0.2) is 12.1 Å². The van der Waals surface area contributed by atoms with Gasteiger partial charge in [0.1, 0.15) is 0 Å². The van der Waals surface area contributed by atoms with E-state index in [1.54, 1.807) is 0 Å². The maximum atomic E-state index is 9.94. The monoisotopic (exact) mass is 196 g/mol. The summed E-state index contributed by atoms with van der Waals surface area (Å²) in [6, 6.07) is 3.94. The van der Waals surface area contributed by atoms with Gasteiger partial charge in [-0.15, -0.1) is 0 Å². The van der Waals surface area contributed by atoms with Crippen LogP contribution in [0.5, 0.6) is 0 Å². The van der Waals surface area contributed by atoms with E-state index in [9.17, 15) is 5.11 Å². The molecule has 0 spiro atoms. The van der Waals surface area contributed by atoms with Gasteiger partial charge < -0.3 is 5.11 Å². The van der Waals surface area contributed by atoms with Crippen LogP contribution in [-0.2, 0) is 5.60 Å². The Hall–Kier alpha value is -0.530. The zero-order valence-corrected chi connectivity index (χ0v) is 8.65. The average Bonchev–Trinajstić information content (AvgIpc) is 2.77. The second kappa shape index (κ2) is 2.73. The van der Waals surface area contributed by atoms with Crippen LogP contribution in [0.3, 0.4) is 0 Å². The summed E-state index contributed by atoms with van der Waals surface area (Å²) in [7, 11) is 0. The highest BCUT2D eigenvalue weighted by Gasteiger charge is 2.43. The van der Waals surface area contributed by atoms with Gasteiger partial charge in [-0.05, 0) is 49.4 Å². The average molecular weight is 197 g/mol. The number of hydrogen-bond acceptors (Lipinski definition) is 1. The van der Waals surface area contributed by atoms with Crippen molar-refractivity contribution in [2.75, 3.05) is 0 Å². The molecule has 1 N–H and O–H groups in total. The Kier molecular flexibility index (Phi) is 1.90. The summed E-state index contributed by atoms with van der Waals surface area (Å²) in [5.74, 6) is 0. The number of halogens is 1. The Morgan fingerprint density at radius 3 is 2.38 bits per heavy atom. The summed E-state index contributed by atoms with van der Waals surface area (Å²) in [4.78, 5) is 0. The molecule has 0 amide bonds. The third-order valence-electron chi connectivity index (χ3n) is 2.73. The molecule has 2 rings (SSSR count). The van der Waals surface area contributed by atoms with Crippen LogP contribution >= 0.6 is 11.6 Å². The lowest BCUT2D eigenvalue weighted by Gasteiger charge is -2.13. The molecule has 13 heavy (non-hydrogen) atoms. The van der Waals surface area contributed by atoms with E-state index in [2.05, 4.69) is 0 Å². The fourth-order valence-electron chi connectivity index (χ4n) is 1.71. The van der Waals surface area contributed by atoms with Crippen molar-refractivity contribution in [2.24, 2.45) is 0 Å². The fourth-order valence-corrected chi connectivity index (χ4v) is 1.88. The topological polar surface area (TPSA) is 20.2 Å². The first-order valence-electron chi connectivity index (χ1n) is 4.52. The van der Waals surface area contributed by atoms with E-state index >= 15 is 0 Å². The van der Waals surface area contributed by atoms with Gasteiger partial charge in [0.05, 0.1) is 5.60 Å².